The molecule has 4 rings (SSSR count). The summed E-state index contributed by atoms with van der Waals surface area (Å²) in [7, 11) is 0. The molecule has 1 fully saturated rings. The lowest BCUT2D eigenvalue weighted by Gasteiger charge is -2.40. The minimum absolute atomic E-state index is 0.0242. The molecule has 1 saturated heterocycles. The average Bonchev–Trinajstić information content (AvgIpc) is 3.23. The number of halogens is 1. The van der Waals surface area contributed by atoms with Crippen molar-refractivity contribution in [2.24, 2.45) is 0 Å². The molecule has 2 atom stereocenters. The van der Waals surface area contributed by atoms with Crippen LogP contribution in [0.4, 0.5) is 10.3 Å². The lowest BCUT2D eigenvalue weighted by Crippen LogP contribution is -2.52. The third-order valence-electron chi connectivity index (χ3n) is 5.39. The second-order valence-electron chi connectivity index (χ2n) is 7.56. The van der Waals surface area contributed by atoms with Crippen LogP contribution in [0.2, 0.25) is 0 Å². The number of aromatic nitrogens is 5. The van der Waals surface area contributed by atoms with Gasteiger partial charge in [-0.05, 0) is 51.8 Å². The van der Waals surface area contributed by atoms with Gasteiger partial charge in [0.1, 0.15) is 17.1 Å². The minimum atomic E-state index is -0.588. The normalized spacial score (nSPS) is 19.0. The largest absolute Gasteiger partial charge is 0.349 e. The molecule has 0 saturated carbocycles. The Balaban J connectivity index is 1.61. The molecule has 156 valence electrons. The fraction of sp³-hybridized carbons (Fsp3) is 0.381. The van der Waals surface area contributed by atoms with Gasteiger partial charge in [-0.1, -0.05) is 6.07 Å². The van der Waals surface area contributed by atoms with Gasteiger partial charge in [-0.3, -0.25) is 4.79 Å². The van der Waals surface area contributed by atoms with E-state index in [0.29, 0.717) is 18.2 Å². The van der Waals surface area contributed by atoms with E-state index in [0.717, 1.165) is 24.2 Å². The number of likely N-dealkylation sites (tertiary alicyclic amines) is 1. The number of anilines is 1. The molecule has 30 heavy (non-hydrogen) atoms. The summed E-state index contributed by atoms with van der Waals surface area (Å²) in [5.74, 6) is -0.415. The molecule has 8 nitrogen and oxygen atoms in total. The predicted octanol–water partition coefficient (Wildman–Crippen LogP) is 2.92. The van der Waals surface area contributed by atoms with Crippen LogP contribution in [0.15, 0.2) is 36.7 Å². The molecular weight excluding hydrogens is 385 g/mol. The summed E-state index contributed by atoms with van der Waals surface area (Å²) in [6, 6.07) is 6.18. The SMILES string of the molecule is Cc1cc(C)nc(N[C@@H]2CCCN(C(=O)c3c(F)cccc3-n3nccn3)[C@H]2C)n1. The predicted molar refractivity (Wildman–Crippen MR) is 110 cm³/mol. The van der Waals surface area contributed by atoms with Crippen LogP contribution in [0, 0.1) is 19.7 Å². The summed E-state index contributed by atoms with van der Waals surface area (Å²) >= 11 is 0. The van der Waals surface area contributed by atoms with E-state index in [1.807, 2.05) is 26.8 Å². The van der Waals surface area contributed by atoms with Crippen LogP contribution in [0.5, 0.6) is 0 Å². The number of carbonyl (C=O) groups excluding carboxylic acids is 1. The first-order chi connectivity index (χ1) is 14.4. The summed E-state index contributed by atoms with van der Waals surface area (Å²) in [6.45, 7) is 6.35. The van der Waals surface area contributed by atoms with Crippen LogP contribution in [0.1, 0.15) is 41.5 Å². The van der Waals surface area contributed by atoms with Crippen LogP contribution >= 0.6 is 0 Å². The van der Waals surface area contributed by atoms with E-state index in [1.54, 1.807) is 17.0 Å². The van der Waals surface area contributed by atoms with Gasteiger partial charge in [-0.25, -0.2) is 14.4 Å². The van der Waals surface area contributed by atoms with E-state index in [1.165, 1.54) is 23.3 Å². The monoisotopic (exact) mass is 409 g/mol. The Morgan fingerprint density at radius 2 is 1.87 bits per heavy atom. The lowest BCUT2D eigenvalue weighted by atomic mass is 9.96. The molecule has 0 radical (unpaired) electrons. The third kappa shape index (κ3) is 3.87. The Morgan fingerprint density at radius 3 is 2.57 bits per heavy atom. The Hall–Kier alpha value is -3.36. The van der Waals surface area contributed by atoms with Crippen molar-refractivity contribution in [2.75, 3.05) is 11.9 Å². The maximum atomic E-state index is 14.8. The van der Waals surface area contributed by atoms with Gasteiger partial charge in [0.25, 0.3) is 5.91 Å². The smallest absolute Gasteiger partial charge is 0.259 e. The molecule has 2 aromatic heterocycles. The first-order valence-corrected chi connectivity index (χ1v) is 9.99. The van der Waals surface area contributed by atoms with Crippen molar-refractivity contribution < 1.29 is 9.18 Å². The van der Waals surface area contributed by atoms with Crippen LogP contribution in [0.3, 0.4) is 0 Å². The number of hydrogen-bond acceptors (Lipinski definition) is 6. The summed E-state index contributed by atoms with van der Waals surface area (Å²) in [4.78, 5) is 25.3. The molecule has 1 aromatic carbocycles. The van der Waals surface area contributed by atoms with Gasteiger partial charge >= 0.3 is 0 Å². The quantitative estimate of drug-likeness (QED) is 0.713. The second kappa shape index (κ2) is 8.17. The zero-order valence-electron chi connectivity index (χ0n) is 17.2. The fourth-order valence-corrected chi connectivity index (χ4v) is 3.95. The standard InChI is InChI=1S/C21H24FN7O/c1-13-12-14(2)26-21(25-13)27-17-7-5-11-28(15(17)3)20(30)19-16(22)6-4-8-18(19)29-23-9-10-24-29/h4,6,8-10,12,15,17H,5,7,11H2,1-3H3,(H,25,26,27)/t15-,17+/m0/s1. The molecule has 1 N–H and O–H groups in total. The number of amides is 1. The number of aryl methyl sites for hydroxylation is 2. The third-order valence-corrected chi connectivity index (χ3v) is 5.39. The number of rotatable bonds is 4. The van der Waals surface area contributed by atoms with Crippen molar-refractivity contribution >= 4 is 11.9 Å². The Labute approximate surface area is 174 Å². The first-order valence-electron chi connectivity index (χ1n) is 9.99. The first kappa shape index (κ1) is 19.9. The molecule has 0 spiro atoms. The number of hydrogen-bond donors (Lipinski definition) is 1. The Bertz CT molecular complexity index is 1030. The van der Waals surface area contributed by atoms with Crippen LogP contribution in [0.25, 0.3) is 5.69 Å². The highest BCUT2D eigenvalue weighted by atomic mass is 19.1. The van der Waals surface area contributed by atoms with Crippen molar-refractivity contribution in [1.82, 2.24) is 29.9 Å². The van der Waals surface area contributed by atoms with Gasteiger partial charge in [0.05, 0.1) is 12.4 Å². The minimum Gasteiger partial charge on any atom is -0.349 e. The molecule has 0 unspecified atom stereocenters. The van der Waals surface area contributed by atoms with Gasteiger partial charge < -0.3 is 10.2 Å². The summed E-state index contributed by atoms with van der Waals surface area (Å²) in [6.07, 6.45) is 4.65. The highest BCUT2D eigenvalue weighted by molar-refractivity contribution is 5.98. The number of nitrogens with one attached hydrogen (secondary N) is 1. The molecule has 1 aliphatic rings. The van der Waals surface area contributed by atoms with Crippen molar-refractivity contribution in [2.45, 2.75) is 45.7 Å². The molecule has 3 aromatic rings. The van der Waals surface area contributed by atoms with E-state index in [2.05, 4.69) is 25.5 Å². The van der Waals surface area contributed by atoms with Gasteiger partial charge in [0.15, 0.2) is 0 Å². The van der Waals surface area contributed by atoms with Crippen LogP contribution in [-0.4, -0.2) is 54.4 Å². The highest BCUT2D eigenvalue weighted by Crippen LogP contribution is 2.26. The molecule has 0 bridgehead atoms. The van der Waals surface area contributed by atoms with Crippen molar-refractivity contribution in [3.63, 3.8) is 0 Å². The Kier molecular flexibility index (Phi) is 5.43. The van der Waals surface area contributed by atoms with Gasteiger partial charge in [0.2, 0.25) is 5.95 Å². The number of nitrogens with zero attached hydrogens (tertiary/aromatic N) is 6. The van der Waals surface area contributed by atoms with Gasteiger partial charge in [-0.15, -0.1) is 0 Å². The molecule has 0 aliphatic carbocycles. The van der Waals surface area contributed by atoms with E-state index in [4.69, 9.17) is 0 Å². The highest BCUT2D eigenvalue weighted by Gasteiger charge is 2.34. The summed E-state index contributed by atoms with van der Waals surface area (Å²) in [5, 5.41) is 11.5. The van der Waals surface area contributed by atoms with E-state index < -0.39 is 5.82 Å². The number of benzene rings is 1. The van der Waals surface area contributed by atoms with Gasteiger partial charge in [-0.2, -0.15) is 15.0 Å². The number of piperidine rings is 1. The number of carbonyl (C=O) groups is 1. The topological polar surface area (TPSA) is 88.8 Å². The van der Waals surface area contributed by atoms with Crippen molar-refractivity contribution in [3.8, 4) is 5.69 Å². The van der Waals surface area contributed by atoms with Crippen molar-refractivity contribution in [1.29, 1.82) is 0 Å². The lowest BCUT2D eigenvalue weighted by molar-refractivity contribution is 0.0611. The molecule has 9 heteroatoms. The molecular formula is C21H24FN7O. The maximum Gasteiger partial charge on any atom is 0.259 e. The van der Waals surface area contributed by atoms with Crippen molar-refractivity contribution in [3.05, 3.63) is 59.4 Å². The zero-order valence-corrected chi connectivity index (χ0v) is 17.2. The van der Waals surface area contributed by atoms with E-state index >= 15 is 0 Å². The van der Waals surface area contributed by atoms with Crippen LogP contribution < -0.4 is 5.32 Å². The Morgan fingerprint density at radius 1 is 1.17 bits per heavy atom. The maximum absolute atomic E-state index is 14.8. The molecule has 1 amide bonds. The molecule has 1 aliphatic heterocycles. The van der Waals surface area contributed by atoms with Gasteiger partial charge in [0, 0.05) is 30.0 Å². The van der Waals surface area contributed by atoms with E-state index in [9.17, 15) is 9.18 Å². The second-order valence-corrected chi connectivity index (χ2v) is 7.56. The van der Waals surface area contributed by atoms with E-state index in [-0.39, 0.29) is 23.6 Å². The average molecular weight is 409 g/mol. The zero-order chi connectivity index (χ0) is 21.3. The fourth-order valence-electron chi connectivity index (χ4n) is 3.95. The summed E-state index contributed by atoms with van der Waals surface area (Å²) in [5.41, 5.74) is 2.06. The van der Waals surface area contributed by atoms with Crippen LogP contribution in [-0.2, 0) is 0 Å². The summed E-state index contributed by atoms with van der Waals surface area (Å²) < 4.78 is 14.8. The molecule has 3 heterocycles.